The maximum Gasteiger partial charge on any atom is 0.0434 e. The fraction of sp³-hybridized carbons (Fsp3) is 0.474. The Labute approximate surface area is 125 Å². The van der Waals surface area contributed by atoms with Gasteiger partial charge in [-0.15, -0.1) is 0 Å². The maximum absolute atomic E-state index is 3.90. The van der Waals surface area contributed by atoms with Gasteiger partial charge in [-0.3, -0.25) is 0 Å². The van der Waals surface area contributed by atoms with Crippen molar-refractivity contribution in [2.45, 2.75) is 47.5 Å². The first-order valence-electron chi connectivity index (χ1n) is 7.52. The molecule has 0 saturated carbocycles. The van der Waals surface area contributed by atoms with E-state index >= 15 is 0 Å². The minimum Gasteiger partial charge on any atom is -0.344 e. The molecule has 0 heterocycles. The van der Waals surface area contributed by atoms with Crippen molar-refractivity contribution >= 4 is 0 Å². The van der Waals surface area contributed by atoms with Crippen molar-refractivity contribution in [3.8, 4) is 0 Å². The summed E-state index contributed by atoms with van der Waals surface area (Å²) in [6, 6.07) is 0. The van der Waals surface area contributed by atoms with Crippen LogP contribution in [0.4, 0.5) is 0 Å². The average molecular weight is 271 g/mol. The van der Waals surface area contributed by atoms with E-state index < -0.39 is 0 Å². The molecule has 0 saturated heterocycles. The first kappa shape index (κ1) is 16.6. The Morgan fingerprint density at radius 3 is 2.50 bits per heavy atom. The van der Waals surface area contributed by atoms with E-state index in [1.807, 2.05) is 6.08 Å². The topological polar surface area (TPSA) is 3.24 Å². The molecule has 0 radical (unpaired) electrons. The van der Waals surface area contributed by atoms with Gasteiger partial charge in [-0.05, 0) is 62.8 Å². The minimum atomic E-state index is 0.626. The number of nitrogens with zero attached hydrogens (tertiary/aromatic N) is 1. The largest absolute Gasteiger partial charge is 0.344 e. The lowest BCUT2D eigenvalue weighted by Gasteiger charge is -2.29. The third-order valence-corrected chi connectivity index (χ3v) is 4.05. The fourth-order valence-electron chi connectivity index (χ4n) is 2.57. The van der Waals surface area contributed by atoms with Crippen molar-refractivity contribution < 1.29 is 0 Å². The van der Waals surface area contributed by atoms with Crippen LogP contribution in [0.3, 0.4) is 0 Å². The normalized spacial score (nSPS) is 17.4. The lowest BCUT2D eigenvalue weighted by Crippen LogP contribution is -2.20. The van der Waals surface area contributed by atoms with E-state index in [2.05, 4.69) is 71.4 Å². The van der Waals surface area contributed by atoms with Crippen LogP contribution in [0.15, 0.2) is 59.0 Å². The molecule has 0 N–H and O–H groups in total. The molecule has 1 heteroatoms. The minimum absolute atomic E-state index is 0.626. The summed E-state index contributed by atoms with van der Waals surface area (Å²) in [7, 11) is 2.15. The van der Waals surface area contributed by atoms with Crippen molar-refractivity contribution in [3.63, 3.8) is 0 Å². The van der Waals surface area contributed by atoms with E-state index in [0.29, 0.717) is 5.92 Å². The molecular weight excluding hydrogens is 242 g/mol. The summed E-state index contributed by atoms with van der Waals surface area (Å²) in [4.78, 5) is 2.30. The van der Waals surface area contributed by atoms with E-state index in [1.54, 1.807) is 5.57 Å². The predicted octanol–water partition coefficient (Wildman–Crippen LogP) is 5.60. The van der Waals surface area contributed by atoms with Crippen LogP contribution >= 0.6 is 0 Å². The molecule has 0 aromatic carbocycles. The van der Waals surface area contributed by atoms with E-state index in [0.717, 1.165) is 0 Å². The highest BCUT2D eigenvalue weighted by Gasteiger charge is 2.17. The van der Waals surface area contributed by atoms with E-state index in [1.165, 1.54) is 35.4 Å². The Bertz CT molecular complexity index is 484. The molecule has 20 heavy (non-hydrogen) atoms. The van der Waals surface area contributed by atoms with Crippen molar-refractivity contribution in [1.29, 1.82) is 0 Å². The number of rotatable bonds is 5. The second-order valence-corrected chi connectivity index (χ2v) is 5.87. The van der Waals surface area contributed by atoms with Gasteiger partial charge in [0.05, 0.1) is 0 Å². The van der Waals surface area contributed by atoms with Gasteiger partial charge >= 0.3 is 0 Å². The van der Waals surface area contributed by atoms with Gasteiger partial charge in [0.25, 0.3) is 0 Å². The molecule has 110 valence electrons. The van der Waals surface area contributed by atoms with Crippen LogP contribution in [0.5, 0.6) is 0 Å². The Balaban J connectivity index is 3.24. The lowest BCUT2D eigenvalue weighted by atomic mass is 9.89. The molecule has 0 bridgehead atoms. The van der Waals surface area contributed by atoms with Crippen LogP contribution in [0.25, 0.3) is 0 Å². The lowest BCUT2D eigenvalue weighted by molar-refractivity contribution is 0.526. The number of allylic oxidation sites excluding steroid dienone is 7. The zero-order chi connectivity index (χ0) is 15.3. The monoisotopic (exact) mass is 271 g/mol. The SMILES string of the molecule is C=C/C(C)=C(\C=C/C)N(C)C1=C(C)CCC(C(C)C)=C1. The van der Waals surface area contributed by atoms with Crippen molar-refractivity contribution in [1.82, 2.24) is 4.90 Å². The summed E-state index contributed by atoms with van der Waals surface area (Å²) in [6.45, 7) is 14.9. The van der Waals surface area contributed by atoms with Crippen LogP contribution in [-0.2, 0) is 0 Å². The first-order chi connectivity index (χ1) is 9.42. The summed E-state index contributed by atoms with van der Waals surface area (Å²) in [5.74, 6) is 0.626. The van der Waals surface area contributed by atoms with Crippen molar-refractivity contribution in [2.24, 2.45) is 5.92 Å². The molecule has 0 spiro atoms. The van der Waals surface area contributed by atoms with E-state index in [9.17, 15) is 0 Å². The number of hydrogen-bond acceptors (Lipinski definition) is 1. The smallest absolute Gasteiger partial charge is 0.0434 e. The van der Waals surface area contributed by atoms with Gasteiger partial charge in [0.2, 0.25) is 0 Å². The van der Waals surface area contributed by atoms with Crippen molar-refractivity contribution in [2.75, 3.05) is 7.05 Å². The molecule has 1 rings (SSSR count). The van der Waals surface area contributed by atoms with Crippen LogP contribution in [-0.4, -0.2) is 11.9 Å². The van der Waals surface area contributed by atoms with Crippen molar-refractivity contribution in [3.05, 3.63) is 59.0 Å². The molecule has 1 nitrogen and oxygen atoms in total. The summed E-state index contributed by atoms with van der Waals surface area (Å²) < 4.78 is 0. The van der Waals surface area contributed by atoms with Crippen LogP contribution < -0.4 is 0 Å². The molecule has 0 atom stereocenters. The first-order valence-corrected chi connectivity index (χ1v) is 7.52. The van der Waals surface area contributed by atoms with E-state index in [-0.39, 0.29) is 0 Å². The maximum atomic E-state index is 3.90. The molecule has 0 aliphatic heterocycles. The third kappa shape index (κ3) is 3.75. The van der Waals surface area contributed by atoms with Crippen LogP contribution in [0.2, 0.25) is 0 Å². The quantitative estimate of drug-likeness (QED) is 0.588. The predicted molar refractivity (Wildman–Crippen MR) is 90.3 cm³/mol. The van der Waals surface area contributed by atoms with Gasteiger partial charge in [0, 0.05) is 18.4 Å². The molecule has 0 aromatic heterocycles. The second kappa shape index (κ2) is 7.33. The Hall–Kier alpha value is -1.50. The van der Waals surface area contributed by atoms with Gasteiger partial charge in [0.1, 0.15) is 0 Å². The average Bonchev–Trinajstić information content (AvgIpc) is 2.43. The zero-order valence-electron chi connectivity index (χ0n) is 14.0. The highest BCUT2D eigenvalue weighted by atomic mass is 15.1. The molecule has 1 aliphatic rings. The van der Waals surface area contributed by atoms with Crippen LogP contribution in [0.1, 0.15) is 47.5 Å². The third-order valence-electron chi connectivity index (χ3n) is 4.05. The van der Waals surface area contributed by atoms with Gasteiger partial charge in [-0.2, -0.15) is 0 Å². The number of likely N-dealkylation sites (N-methyl/N-ethyl adjacent to an activating group) is 1. The number of hydrogen-bond donors (Lipinski definition) is 0. The molecule has 0 fully saturated rings. The molecule has 0 aromatic rings. The zero-order valence-corrected chi connectivity index (χ0v) is 14.0. The van der Waals surface area contributed by atoms with Gasteiger partial charge < -0.3 is 4.90 Å². The summed E-state index contributed by atoms with van der Waals surface area (Å²) in [5.41, 5.74) is 6.78. The highest BCUT2D eigenvalue weighted by Crippen LogP contribution is 2.31. The van der Waals surface area contributed by atoms with Gasteiger partial charge in [-0.1, -0.05) is 38.2 Å². The molecule has 0 unspecified atom stereocenters. The standard InChI is InChI=1S/C19H29N/c1-8-10-18(15(5)9-2)20(7)19-13-17(14(3)4)12-11-16(19)6/h8-10,13-14H,2,11-12H2,1,3-7H3/b10-8-,18-15+. The summed E-state index contributed by atoms with van der Waals surface area (Å²) in [5, 5.41) is 0. The highest BCUT2D eigenvalue weighted by molar-refractivity contribution is 5.39. The Morgan fingerprint density at radius 1 is 1.35 bits per heavy atom. The molecule has 1 aliphatic carbocycles. The second-order valence-electron chi connectivity index (χ2n) is 5.87. The Kier molecular flexibility index (Phi) is 6.06. The molecule has 0 amide bonds. The Morgan fingerprint density at radius 2 is 2.00 bits per heavy atom. The van der Waals surface area contributed by atoms with Gasteiger partial charge in [-0.25, -0.2) is 0 Å². The van der Waals surface area contributed by atoms with Gasteiger partial charge in [0.15, 0.2) is 0 Å². The summed E-state index contributed by atoms with van der Waals surface area (Å²) in [6.07, 6.45) is 10.9. The molecular formula is C19H29N. The fourth-order valence-corrected chi connectivity index (χ4v) is 2.57. The van der Waals surface area contributed by atoms with E-state index in [4.69, 9.17) is 0 Å². The summed E-state index contributed by atoms with van der Waals surface area (Å²) >= 11 is 0. The van der Waals surface area contributed by atoms with Crippen LogP contribution in [0, 0.1) is 5.92 Å².